The molecule has 1 aliphatic carbocycles. The van der Waals surface area contributed by atoms with Gasteiger partial charge >= 0.3 is 6.09 Å². The number of carbonyl (C=O) groups is 1. The maximum atomic E-state index is 11.7. The van der Waals surface area contributed by atoms with Crippen LogP contribution in [-0.2, 0) is 4.74 Å². The number of likely N-dealkylation sites (tertiary alicyclic amines) is 1. The lowest BCUT2D eigenvalue weighted by Gasteiger charge is -2.45. The van der Waals surface area contributed by atoms with Crippen LogP contribution in [0.4, 0.5) is 4.79 Å². The van der Waals surface area contributed by atoms with Crippen LogP contribution in [0.25, 0.3) is 0 Å². The smallest absolute Gasteiger partial charge is 0.410 e. The first-order valence-electron chi connectivity index (χ1n) is 5.56. The van der Waals surface area contributed by atoms with Crippen LogP contribution in [0.5, 0.6) is 0 Å². The van der Waals surface area contributed by atoms with Crippen LogP contribution in [0.15, 0.2) is 0 Å². The molecule has 1 N–H and O–H groups in total. The minimum atomic E-state index is -0.453. The Labute approximate surface area is 90.2 Å². The van der Waals surface area contributed by atoms with E-state index in [2.05, 4.69) is 0 Å². The van der Waals surface area contributed by atoms with Gasteiger partial charge in [0.1, 0.15) is 5.60 Å². The number of amides is 1. The highest BCUT2D eigenvalue weighted by Gasteiger charge is 2.50. The van der Waals surface area contributed by atoms with E-state index >= 15 is 0 Å². The van der Waals surface area contributed by atoms with E-state index in [-0.39, 0.29) is 18.2 Å². The van der Waals surface area contributed by atoms with Gasteiger partial charge in [-0.2, -0.15) is 0 Å². The number of aliphatic hydroxyl groups excluding tert-OH is 1. The molecule has 2 rings (SSSR count). The number of aliphatic hydroxyl groups is 1. The lowest BCUT2D eigenvalue weighted by Crippen LogP contribution is -2.60. The van der Waals surface area contributed by atoms with Gasteiger partial charge in [0, 0.05) is 6.54 Å². The monoisotopic (exact) mass is 213 g/mol. The standard InChI is InChI=1S/C11H19NO3/c1-11(2,3)15-10(14)12-6-7-4-5-8(13)9(7)12/h7-9,13H,4-6H2,1-3H3. The van der Waals surface area contributed by atoms with Gasteiger partial charge in [-0.15, -0.1) is 0 Å². The second kappa shape index (κ2) is 3.37. The summed E-state index contributed by atoms with van der Waals surface area (Å²) in [6.07, 6.45) is 1.21. The fraction of sp³-hybridized carbons (Fsp3) is 0.909. The Morgan fingerprint density at radius 1 is 1.40 bits per heavy atom. The summed E-state index contributed by atoms with van der Waals surface area (Å²) in [5.41, 5.74) is -0.453. The van der Waals surface area contributed by atoms with Crippen molar-refractivity contribution in [3.8, 4) is 0 Å². The van der Waals surface area contributed by atoms with Crippen LogP contribution < -0.4 is 0 Å². The molecular formula is C11H19NO3. The maximum Gasteiger partial charge on any atom is 0.410 e. The van der Waals surface area contributed by atoms with E-state index in [4.69, 9.17) is 4.74 Å². The van der Waals surface area contributed by atoms with Crippen molar-refractivity contribution < 1.29 is 14.6 Å². The first kappa shape index (κ1) is 10.7. The Morgan fingerprint density at radius 3 is 2.60 bits per heavy atom. The molecule has 86 valence electrons. The van der Waals surface area contributed by atoms with Gasteiger partial charge < -0.3 is 14.7 Å². The number of hydrogen-bond donors (Lipinski definition) is 1. The molecule has 0 aromatic carbocycles. The normalized spacial score (nSPS) is 34.7. The predicted molar refractivity (Wildman–Crippen MR) is 55.5 cm³/mol. The van der Waals surface area contributed by atoms with Gasteiger partial charge in [0.05, 0.1) is 12.1 Å². The van der Waals surface area contributed by atoms with Crippen molar-refractivity contribution in [1.82, 2.24) is 4.90 Å². The summed E-state index contributed by atoms with van der Waals surface area (Å²) in [5.74, 6) is 0.493. The lowest BCUT2D eigenvalue weighted by molar-refractivity contribution is -0.0477. The van der Waals surface area contributed by atoms with Gasteiger partial charge in [-0.3, -0.25) is 0 Å². The van der Waals surface area contributed by atoms with Crippen LogP contribution in [0.1, 0.15) is 33.6 Å². The first-order chi connectivity index (χ1) is 6.88. The molecular weight excluding hydrogens is 194 g/mol. The molecule has 1 amide bonds. The second-order valence-electron chi connectivity index (χ2n) is 5.53. The Morgan fingerprint density at radius 2 is 2.07 bits per heavy atom. The topological polar surface area (TPSA) is 49.8 Å². The van der Waals surface area contributed by atoms with Crippen LogP contribution in [0, 0.1) is 5.92 Å². The summed E-state index contributed by atoms with van der Waals surface area (Å²) in [6.45, 7) is 6.31. The number of nitrogens with zero attached hydrogens (tertiary/aromatic N) is 1. The van der Waals surface area contributed by atoms with Crippen molar-refractivity contribution in [2.45, 2.75) is 51.4 Å². The molecule has 4 nitrogen and oxygen atoms in total. The van der Waals surface area contributed by atoms with Gasteiger partial charge in [-0.25, -0.2) is 4.79 Å². The number of carbonyl (C=O) groups excluding carboxylic acids is 1. The van der Waals surface area contributed by atoms with Crippen LogP contribution in [0.2, 0.25) is 0 Å². The van der Waals surface area contributed by atoms with Crippen molar-refractivity contribution in [3.05, 3.63) is 0 Å². The summed E-state index contributed by atoms with van der Waals surface area (Å²) in [7, 11) is 0. The summed E-state index contributed by atoms with van der Waals surface area (Å²) >= 11 is 0. The molecule has 0 bridgehead atoms. The fourth-order valence-corrected chi connectivity index (χ4v) is 2.46. The Balaban J connectivity index is 1.93. The van der Waals surface area contributed by atoms with Crippen molar-refractivity contribution in [2.75, 3.05) is 6.54 Å². The SMILES string of the molecule is CC(C)(C)OC(=O)N1CC2CCC(O)C21. The molecule has 0 aromatic heterocycles. The van der Waals surface area contributed by atoms with E-state index in [0.29, 0.717) is 5.92 Å². The highest BCUT2D eigenvalue weighted by molar-refractivity contribution is 5.70. The molecule has 3 unspecified atom stereocenters. The van der Waals surface area contributed by atoms with E-state index < -0.39 is 5.60 Å². The average molecular weight is 213 g/mol. The van der Waals surface area contributed by atoms with Crippen molar-refractivity contribution in [3.63, 3.8) is 0 Å². The number of rotatable bonds is 0. The minimum absolute atomic E-state index is 0.0137. The second-order valence-corrected chi connectivity index (χ2v) is 5.53. The molecule has 2 aliphatic rings. The number of fused-ring (bicyclic) bond motifs is 1. The number of hydrogen-bond acceptors (Lipinski definition) is 3. The van der Waals surface area contributed by atoms with Gasteiger partial charge in [-0.05, 0) is 39.5 Å². The van der Waals surface area contributed by atoms with E-state index in [1.165, 1.54) is 0 Å². The summed E-state index contributed by atoms with van der Waals surface area (Å²) in [6, 6.07) is 0.0137. The van der Waals surface area contributed by atoms with Crippen molar-refractivity contribution in [1.29, 1.82) is 0 Å². The van der Waals surface area contributed by atoms with E-state index in [0.717, 1.165) is 19.4 Å². The van der Waals surface area contributed by atoms with Crippen LogP contribution in [0.3, 0.4) is 0 Å². The molecule has 2 fully saturated rings. The Kier molecular flexibility index (Phi) is 2.41. The molecule has 0 radical (unpaired) electrons. The molecule has 1 saturated carbocycles. The molecule has 15 heavy (non-hydrogen) atoms. The molecule has 1 aliphatic heterocycles. The maximum absolute atomic E-state index is 11.7. The highest BCUT2D eigenvalue weighted by Crippen LogP contribution is 2.39. The molecule has 4 heteroatoms. The number of ether oxygens (including phenoxy) is 1. The average Bonchev–Trinajstić information content (AvgIpc) is 2.21. The van der Waals surface area contributed by atoms with Gasteiger partial charge in [0.25, 0.3) is 0 Å². The zero-order valence-corrected chi connectivity index (χ0v) is 9.56. The highest BCUT2D eigenvalue weighted by atomic mass is 16.6. The quantitative estimate of drug-likeness (QED) is 0.661. The summed E-state index contributed by atoms with van der Waals surface area (Å²) in [5, 5.41) is 9.69. The summed E-state index contributed by atoms with van der Waals surface area (Å²) < 4.78 is 5.27. The van der Waals surface area contributed by atoms with Gasteiger partial charge in [-0.1, -0.05) is 0 Å². The third kappa shape index (κ3) is 1.95. The third-order valence-corrected chi connectivity index (χ3v) is 3.13. The van der Waals surface area contributed by atoms with Gasteiger partial charge in [0.15, 0.2) is 0 Å². The summed E-state index contributed by atoms with van der Waals surface area (Å²) in [4.78, 5) is 13.4. The zero-order chi connectivity index (χ0) is 11.2. The minimum Gasteiger partial charge on any atom is -0.444 e. The van der Waals surface area contributed by atoms with E-state index in [1.54, 1.807) is 4.90 Å². The Bertz CT molecular complexity index is 265. The predicted octanol–water partition coefficient (Wildman–Crippen LogP) is 1.38. The van der Waals surface area contributed by atoms with E-state index in [1.807, 2.05) is 20.8 Å². The van der Waals surface area contributed by atoms with Crippen molar-refractivity contribution >= 4 is 6.09 Å². The van der Waals surface area contributed by atoms with E-state index in [9.17, 15) is 9.90 Å². The Hall–Kier alpha value is -0.770. The first-order valence-corrected chi connectivity index (χ1v) is 5.56. The fourth-order valence-electron chi connectivity index (χ4n) is 2.46. The zero-order valence-electron chi connectivity index (χ0n) is 9.56. The molecule has 0 spiro atoms. The third-order valence-electron chi connectivity index (χ3n) is 3.13. The van der Waals surface area contributed by atoms with Gasteiger partial charge in [0.2, 0.25) is 0 Å². The molecule has 0 aromatic rings. The molecule has 1 heterocycles. The molecule has 3 atom stereocenters. The van der Waals surface area contributed by atoms with Crippen LogP contribution >= 0.6 is 0 Å². The largest absolute Gasteiger partial charge is 0.444 e. The molecule has 1 saturated heterocycles. The lowest BCUT2D eigenvalue weighted by atomic mass is 9.92. The van der Waals surface area contributed by atoms with Crippen LogP contribution in [-0.4, -0.2) is 40.4 Å². The van der Waals surface area contributed by atoms with Crippen molar-refractivity contribution in [2.24, 2.45) is 5.92 Å².